The van der Waals surface area contributed by atoms with Crippen molar-refractivity contribution in [3.63, 3.8) is 0 Å². The molecular formula is C32H32N9O12P. The Bertz CT molecular complexity index is 2420. The summed E-state index contributed by atoms with van der Waals surface area (Å²) in [4.78, 5) is 54.1. The van der Waals surface area contributed by atoms with Crippen LogP contribution in [0.4, 0.5) is 11.9 Å². The van der Waals surface area contributed by atoms with Gasteiger partial charge in [0, 0.05) is 0 Å². The predicted molar refractivity (Wildman–Crippen MR) is 185 cm³/mol. The van der Waals surface area contributed by atoms with Gasteiger partial charge in [0.15, 0.2) is 23.2 Å². The van der Waals surface area contributed by atoms with Gasteiger partial charge in [-0.15, -0.1) is 0 Å². The van der Waals surface area contributed by atoms with Crippen LogP contribution in [0.5, 0.6) is 11.5 Å². The number of hydrogen-bond donors (Lipinski definition) is 6. The number of rotatable bonds is 14. The number of phosphoric acid groups is 1. The number of nitrogen functional groups attached to an aromatic ring is 2. The minimum atomic E-state index is -5.14. The van der Waals surface area contributed by atoms with Gasteiger partial charge in [-0.05, 0) is 11.1 Å². The van der Waals surface area contributed by atoms with E-state index in [0.29, 0.717) is 5.56 Å². The quantitative estimate of drug-likeness (QED) is 0.0851. The van der Waals surface area contributed by atoms with Gasteiger partial charge in [0.2, 0.25) is 23.4 Å². The Hall–Kier alpha value is -5.93. The van der Waals surface area contributed by atoms with Crippen molar-refractivity contribution < 1.29 is 47.3 Å². The fourth-order valence-electron chi connectivity index (χ4n) is 5.65. The molecule has 3 unspecified atom stereocenters. The van der Waals surface area contributed by atoms with Crippen molar-refractivity contribution >= 4 is 30.9 Å². The Morgan fingerprint density at radius 2 is 1.63 bits per heavy atom. The lowest BCUT2D eigenvalue weighted by Gasteiger charge is -2.26. The molecule has 0 aliphatic carbocycles. The van der Waals surface area contributed by atoms with E-state index in [2.05, 4.69) is 24.9 Å². The summed E-state index contributed by atoms with van der Waals surface area (Å²) >= 11 is 0. The number of H-pyrrole nitrogens is 1. The summed E-state index contributed by atoms with van der Waals surface area (Å²) in [6, 6.07) is 17.8. The topological polar surface area (TPSA) is 300 Å². The highest BCUT2D eigenvalue weighted by Crippen LogP contribution is 2.51. The van der Waals surface area contributed by atoms with E-state index in [0.717, 1.165) is 16.5 Å². The van der Waals surface area contributed by atoms with Gasteiger partial charge < -0.3 is 45.2 Å². The lowest BCUT2D eigenvalue weighted by atomic mass is 10.1. The SMILES string of the molecule is Nc1ncn(-c2oc(COP(=O)(O)OC3C(OCc4ccccc4)[C@H](n4cnc5c(=O)[nH]c(N)nc54)O[C@@H]3CO)c(O)c2OCc2ccccc2)c(=O)n1. The molecule has 2 aromatic carbocycles. The van der Waals surface area contributed by atoms with E-state index in [1.165, 1.54) is 10.9 Å². The lowest BCUT2D eigenvalue weighted by Crippen LogP contribution is -2.37. The summed E-state index contributed by atoms with van der Waals surface area (Å²) in [7, 11) is -5.14. The molecule has 0 radical (unpaired) electrons. The fraction of sp³-hybridized carbons (Fsp3) is 0.250. The Kier molecular flexibility index (Phi) is 10.3. The minimum absolute atomic E-state index is 0.00956. The van der Waals surface area contributed by atoms with E-state index in [-0.39, 0.29) is 47.9 Å². The van der Waals surface area contributed by atoms with Crippen LogP contribution >= 0.6 is 7.82 Å². The molecule has 21 nitrogen and oxygen atoms in total. The molecule has 8 N–H and O–H groups in total. The van der Waals surface area contributed by atoms with Crippen LogP contribution < -0.4 is 27.5 Å². The molecule has 0 spiro atoms. The van der Waals surface area contributed by atoms with Gasteiger partial charge in [-0.2, -0.15) is 9.97 Å². The smallest absolute Gasteiger partial charge is 0.473 e. The van der Waals surface area contributed by atoms with Crippen molar-refractivity contribution in [2.24, 2.45) is 0 Å². The van der Waals surface area contributed by atoms with Crippen molar-refractivity contribution in [2.75, 3.05) is 18.1 Å². The number of hydrogen-bond acceptors (Lipinski definition) is 17. The first-order valence-electron chi connectivity index (χ1n) is 16.0. The maximum atomic E-state index is 13.6. The molecule has 0 saturated carbocycles. The number of benzene rings is 2. The van der Waals surface area contributed by atoms with E-state index in [4.69, 9.17) is 39.1 Å². The molecule has 5 heterocycles. The molecule has 0 amide bonds. The number of nitrogens with zero attached hydrogens (tertiary/aromatic N) is 6. The van der Waals surface area contributed by atoms with Crippen LogP contribution in [0.2, 0.25) is 0 Å². The highest BCUT2D eigenvalue weighted by molar-refractivity contribution is 7.47. The first-order chi connectivity index (χ1) is 26.0. The number of imidazole rings is 1. The van der Waals surface area contributed by atoms with Crippen molar-refractivity contribution in [3.05, 3.63) is 111 Å². The number of nitrogens with one attached hydrogen (secondary N) is 1. The molecule has 282 valence electrons. The zero-order valence-electron chi connectivity index (χ0n) is 27.9. The number of nitrogens with two attached hydrogens (primary N) is 2. The second-order valence-electron chi connectivity index (χ2n) is 11.7. The summed E-state index contributed by atoms with van der Waals surface area (Å²) in [5.74, 6) is -2.33. The third-order valence-corrected chi connectivity index (χ3v) is 9.11. The summed E-state index contributed by atoms with van der Waals surface area (Å²) in [6.07, 6.45) is -2.98. The molecule has 1 saturated heterocycles. The molecule has 1 aliphatic heterocycles. The molecule has 7 rings (SSSR count). The van der Waals surface area contributed by atoms with Gasteiger partial charge in [0.1, 0.15) is 37.9 Å². The van der Waals surface area contributed by atoms with Crippen molar-refractivity contribution in [1.29, 1.82) is 0 Å². The molecular weight excluding hydrogens is 733 g/mol. The molecule has 1 aliphatic rings. The number of aliphatic hydroxyl groups is 1. The monoisotopic (exact) mass is 765 g/mol. The lowest BCUT2D eigenvalue weighted by molar-refractivity contribution is -0.0761. The van der Waals surface area contributed by atoms with E-state index in [9.17, 15) is 29.3 Å². The molecule has 22 heteroatoms. The number of ether oxygens (including phenoxy) is 3. The van der Waals surface area contributed by atoms with E-state index in [1.54, 1.807) is 54.6 Å². The van der Waals surface area contributed by atoms with E-state index < -0.39 is 68.3 Å². The molecule has 5 atom stereocenters. The number of aromatic nitrogens is 7. The Morgan fingerprint density at radius 3 is 2.31 bits per heavy atom. The second-order valence-corrected chi connectivity index (χ2v) is 13.2. The summed E-state index contributed by atoms with van der Waals surface area (Å²) in [5.41, 5.74) is 11.1. The maximum absolute atomic E-state index is 13.6. The van der Waals surface area contributed by atoms with Gasteiger partial charge >= 0.3 is 13.5 Å². The predicted octanol–water partition coefficient (Wildman–Crippen LogP) is 1.28. The van der Waals surface area contributed by atoms with Crippen LogP contribution in [0.15, 0.2) is 87.3 Å². The van der Waals surface area contributed by atoms with Gasteiger partial charge in [-0.3, -0.25) is 23.4 Å². The summed E-state index contributed by atoms with van der Waals surface area (Å²) in [5, 5.41) is 21.4. The number of phosphoric ester groups is 1. The Labute approximate surface area is 302 Å². The molecule has 1 fully saturated rings. The summed E-state index contributed by atoms with van der Waals surface area (Å²) < 4.78 is 50.3. The number of anilines is 2. The average Bonchev–Trinajstić information content (AvgIpc) is 3.82. The highest BCUT2D eigenvalue weighted by Gasteiger charge is 2.51. The van der Waals surface area contributed by atoms with Crippen LogP contribution in [0.25, 0.3) is 17.0 Å². The van der Waals surface area contributed by atoms with Gasteiger partial charge in [-0.1, -0.05) is 60.7 Å². The van der Waals surface area contributed by atoms with E-state index >= 15 is 0 Å². The number of aromatic hydroxyl groups is 1. The minimum Gasteiger partial charge on any atom is -0.502 e. The van der Waals surface area contributed by atoms with Gasteiger partial charge in [0.05, 0.1) is 19.5 Å². The third kappa shape index (κ3) is 7.59. The standard InChI is InChI=1S/C32H32N9O12P/c33-30-36-16-41(32(45)39-30)28-24(48-12-17-7-3-1-4-8-17)22(43)20(52-28)14-50-54(46,47)53-23-19(11-42)51-29(25(23)49-13-18-9-5-2-6-10-18)40-15-35-21-26(40)37-31(34)38-27(21)44/h1-10,15-16,19,23,25,29,42-43H,11-14H2,(H,46,47)(H2,33,39,45)(H3,34,37,38,44)/t19-,23?,25?,29-/m1/s1. The maximum Gasteiger partial charge on any atom is 0.473 e. The normalized spacial score (nSPS) is 19.6. The number of aromatic amines is 1. The zero-order valence-corrected chi connectivity index (χ0v) is 28.8. The largest absolute Gasteiger partial charge is 0.502 e. The van der Waals surface area contributed by atoms with Crippen molar-refractivity contribution in [2.45, 2.75) is 44.4 Å². The van der Waals surface area contributed by atoms with Gasteiger partial charge in [-0.25, -0.2) is 23.9 Å². The number of furan rings is 1. The van der Waals surface area contributed by atoms with Crippen molar-refractivity contribution in [1.82, 2.24) is 34.1 Å². The second kappa shape index (κ2) is 15.2. The molecule has 54 heavy (non-hydrogen) atoms. The van der Waals surface area contributed by atoms with Gasteiger partial charge in [0.25, 0.3) is 11.4 Å². The highest BCUT2D eigenvalue weighted by atomic mass is 31.2. The van der Waals surface area contributed by atoms with Crippen molar-refractivity contribution in [3.8, 4) is 17.4 Å². The molecule has 4 aromatic heterocycles. The Morgan fingerprint density at radius 1 is 0.926 bits per heavy atom. The zero-order chi connectivity index (χ0) is 38.0. The van der Waals surface area contributed by atoms with E-state index in [1.807, 2.05) is 6.07 Å². The van der Waals surface area contributed by atoms with Crippen LogP contribution in [0, 0.1) is 0 Å². The fourth-order valence-corrected chi connectivity index (χ4v) is 6.55. The first-order valence-corrected chi connectivity index (χ1v) is 17.5. The number of fused-ring (bicyclic) bond motifs is 1. The third-order valence-electron chi connectivity index (χ3n) is 8.15. The summed E-state index contributed by atoms with van der Waals surface area (Å²) in [6.45, 7) is -1.71. The molecule has 0 bridgehead atoms. The number of aliphatic hydroxyl groups excluding tert-OH is 1. The molecule has 6 aromatic rings. The van der Waals surface area contributed by atoms with Crippen LogP contribution in [0.3, 0.4) is 0 Å². The average molecular weight is 766 g/mol. The van der Waals surface area contributed by atoms with Crippen LogP contribution in [-0.2, 0) is 42.9 Å². The van der Waals surface area contributed by atoms with Crippen LogP contribution in [-0.4, -0.2) is 74.1 Å². The van der Waals surface area contributed by atoms with Crippen LogP contribution in [0.1, 0.15) is 23.1 Å². The first kappa shape index (κ1) is 36.4. The Balaban J connectivity index is 1.16.